The summed E-state index contributed by atoms with van der Waals surface area (Å²) in [4.78, 5) is 24.1. The molecule has 2 aliphatic rings. The topological polar surface area (TPSA) is 116 Å². The maximum atomic E-state index is 12.6. The second kappa shape index (κ2) is 5.94. The Kier molecular flexibility index (Phi) is 3.72. The van der Waals surface area contributed by atoms with Gasteiger partial charge in [-0.3, -0.25) is 9.59 Å². The Hall–Kier alpha value is -3.22. The van der Waals surface area contributed by atoms with Crippen LogP contribution in [0.2, 0.25) is 0 Å². The van der Waals surface area contributed by atoms with Crippen LogP contribution in [-0.4, -0.2) is 27.0 Å². The lowest BCUT2D eigenvalue weighted by molar-refractivity contribution is -0.119. The number of ether oxygens (including phenoxy) is 1. The van der Waals surface area contributed by atoms with E-state index in [1.807, 2.05) is 0 Å². The third-order valence-corrected chi connectivity index (χ3v) is 4.81. The zero-order valence-electron chi connectivity index (χ0n) is 13.7. The maximum absolute atomic E-state index is 12.6. The van der Waals surface area contributed by atoms with Gasteiger partial charge in [0.05, 0.1) is 18.0 Å². The second-order valence-corrected chi connectivity index (χ2v) is 6.52. The largest absolute Gasteiger partial charge is 0.508 e. The van der Waals surface area contributed by atoms with Crippen molar-refractivity contribution in [3.63, 3.8) is 0 Å². The number of hydrogen-bond acceptors (Lipinski definition) is 6. The van der Waals surface area contributed by atoms with Crippen LogP contribution in [0.3, 0.4) is 0 Å². The number of phenolic OH excluding ortho intramolecular Hbond substituents is 3. The van der Waals surface area contributed by atoms with Crippen molar-refractivity contribution >= 4 is 11.7 Å². The molecule has 2 aromatic rings. The molecule has 4 N–H and O–H groups in total. The third-order valence-electron chi connectivity index (χ3n) is 4.81. The molecule has 2 aliphatic heterocycles. The fourth-order valence-corrected chi connectivity index (χ4v) is 3.52. The first-order valence-electron chi connectivity index (χ1n) is 8.31. The first-order chi connectivity index (χ1) is 12.4. The smallest absolute Gasteiger partial charge is 0.220 e. The summed E-state index contributed by atoms with van der Waals surface area (Å²) in [6.07, 6.45) is 0.177. The number of nitrogens with one attached hydrogen (secondary N) is 1. The molecule has 1 amide bonds. The zero-order chi connectivity index (χ0) is 18.4. The molecule has 0 aromatic heterocycles. The molecule has 2 aromatic carbocycles. The third kappa shape index (κ3) is 2.61. The van der Waals surface area contributed by atoms with Crippen LogP contribution in [0.1, 0.15) is 52.9 Å². The number of phenols is 3. The van der Waals surface area contributed by atoms with Crippen molar-refractivity contribution in [2.45, 2.75) is 31.4 Å². The molecule has 1 fully saturated rings. The summed E-state index contributed by atoms with van der Waals surface area (Å²) < 4.78 is 5.82. The molecule has 134 valence electrons. The van der Waals surface area contributed by atoms with E-state index in [1.54, 1.807) is 12.1 Å². The highest BCUT2D eigenvalue weighted by atomic mass is 16.5. The Labute approximate surface area is 148 Å². The Morgan fingerprint density at radius 2 is 1.81 bits per heavy atom. The molecule has 2 atom stereocenters. The van der Waals surface area contributed by atoms with Gasteiger partial charge in [0.15, 0.2) is 5.78 Å². The van der Waals surface area contributed by atoms with Crippen molar-refractivity contribution < 1.29 is 29.6 Å². The molecule has 26 heavy (non-hydrogen) atoms. The molecular formula is C19H17NO6. The number of fused-ring (bicyclic) bond motifs is 1. The standard InChI is InChI=1S/C19H17NO6/c21-10-3-1-9(2-4-10)14-7-13(23)18-15(26-14)8-12(22)17(19(18)25)11-5-6-16(24)20-11/h1-4,8,11,14,21-22,25H,5-7H2,(H,20,24). The van der Waals surface area contributed by atoms with Crippen molar-refractivity contribution in [1.82, 2.24) is 5.32 Å². The molecule has 0 bridgehead atoms. The fourth-order valence-electron chi connectivity index (χ4n) is 3.52. The number of rotatable bonds is 2. The van der Waals surface area contributed by atoms with Crippen molar-refractivity contribution in [3.05, 3.63) is 47.0 Å². The van der Waals surface area contributed by atoms with Crippen LogP contribution in [0.4, 0.5) is 0 Å². The quantitative estimate of drug-likeness (QED) is 0.658. The van der Waals surface area contributed by atoms with Crippen molar-refractivity contribution in [1.29, 1.82) is 0 Å². The lowest BCUT2D eigenvalue weighted by Gasteiger charge is -2.28. The predicted molar refractivity (Wildman–Crippen MR) is 90.3 cm³/mol. The number of Topliss-reactive ketones (excluding diaryl/α,β-unsaturated/α-hetero) is 1. The summed E-state index contributed by atoms with van der Waals surface area (Å²) in [5.41, 5.74) is 0.872. The van der Waals surface area contributed by atoms with E-state index >= 15 is 0 Å². The van der Waals surface area contributed by atoms with E-state index in [4.69, 9.17) is 4.74 Å². The fraction of sp³-hybridized carbons (Fsp3) is 0.263. The molecule has 0 aliphatic carbocycles. The van der Waals surface area contributed by atoms with E-state index < -0.39 is 12.1 Å². The van der Waals surface area contributed by atoms with Gasteiger partial charge < -0.3 is 25.4 Å². The molecule has 0 saturated carbocycles. The SMILES string of the molecule is O=C1CCC(c2c(O)cc3c(c2O)C(=O)CC(c2ccc(O)cc2)O3)N1. The number of hydrogen-bond donors (Lipinski definition) is 4. The van der Waals surface area contributed by atoms with Gasteiger partial charge in [0.25, 0.3) is 0 Å². The molecule has 2 unspecified atom stereocenters. The van der Waals surface area contributed by atoms with E-state index in [0.29, 0.717) is 18.4 Å². The Morgan fingerprint density at radius 3 is 2.46 bits per heavy atom. The highest BCUT2D eigenvalue weighted by molar-refractivity contribution is 6.03. The highest BCUT2D eigenvalue weighted by Gasteiger charge is 2.36. The van der Waals surface area contributed by atoms with Crippen molar-refractivity contribution in [2.24, 2.45) is 0 Å². The molecule has 1 saturated heterocycles. The van der Waals surface area contributed by atoms with Crippen LogP contribution in [0, 0.1) is 0 Å². The summed E-state index contributed by atoms with van der Waals surface area (Å²) in [6, 6.07) is 7.08. The van der Waals surface area contributed by atoms with Gasteiger partial charge in [-0.05, 0) is 24.1 Å². The number of amides is 1. The van der Waals surface area contributed by atoms with E-state index in [-0.39, 0.29) is 52.2 Å². The van der Waals surface area contributed by atoms with Crippen molar-refractivity contribution in [3.8, 4) is 23.0 Å². The van der Waals surface area contributed by atoms with Gasteiger partial charge in [-0.1, -0.05) is 12.1 Å². The van der Waals surface area contributed by atoms with Gasteiger partial charge in [-0.25, -0.2) is 0 Å². The molecule has 4 rings (SSSR count). The summed E-state index contributed by atoms with van der Waals surface area (Å²) in [7, 11) is 0. The average molecular weight is 355 g/mol. The first-order valence-corrected chi connectivity index (χ1v) is 8.31. The normalized spacial score (nSPS) is 21.8. The number of carbonyl (C=O) groups is 2. The summed E-state index contributed by atoms with van der Waals surface area (Å²) >= 11 is 0. The van der Waals surface area contributed by atoms with Gasteiger partial charge in [0.2, 0.25) is 5.91 Å². The Bertz CT molecular complexity index is 905. The summed E-state index contributed by atoms with van der Waals surface area (Å²) in [6.45, 7) is 0. The molecule has 0 radical (unpaired) electrons. The number of ketones is 1. The Balaban J connectivity index is 1.72. The number of benzene rings is 2. The lowest BCUT2D eigenvalue weighted by atomic mass is 9.91. The number of aromatic hydroxyl groups is 3. The van der Waals surface area contributed by atoms with Gasteiger partial charge in [-0.2, -0.15) is 0 Å². The predicted octanol–water partition coefficient (Wildman–Crippen LogP) is 2.46. The van der Waals surface area contributed by atoms with Crippen LogP contribution in [0.5, 0.6) is 23.0 Å². The minimum atomic E-state index is -0.577. The van der Waals surface area contributed by atoms with E-state index in [1.165, 1.54) is 18.2 Å². The van der Waals surface area contributed by atoms with Gasteiger partial charge >= 0.3 is 0 Å². The maximum Gasteiger partial charge on any atom is 0.220 e. The number of carbonyl (C=O) groups excluding carboxylic acids is 2. The average Bonchev–Trinajstić information content (AvgIpc) is 3.00. The first kappa shape index (κ1) is 16.3. The minimum Gasteiger partial charge on any atom is -0.508 e. The molecular weight excluding hydrogens is 338 g/mol. The van der Waals surface area contributed by atoms with E-state index in [0.717, 1.165) is 0 Å². The van der Waals surface area contributed by atoms with E-state index in [2.05, 4.69) is 5.32 Å². The van der Waals surface area contributed by atoms with Crippen molar-refractivity contribution in [2.75, 3.05) is 0 Å². The lowest BCUT2D eigenvalue weighted by Crippen LogP contribution is -2.22. The molecule has 7 nitrogen and oxygen atoms in total. The van der Waals surface area contributed by atoms with Gasteiger partial charge in [0, 0.05) is 12.5 Å². The van der Waals surface area contributed by atoms with Crippen LogP contribution < -0.4 is 10.1 Å². The summed E-state index contributed by atoms with van der Waals surface area (Å²) in [5.74, 6) is -0.847. The van der Waals surface area contributed by atoms with Crippen LogP contribution in [-0.2, 0) is 4.79 Å². The molecule has 0 spiro atoms. The second-order valence-electron chi connectivity index (χ2n) is 6.52. The molecule has 7 heteroatoms. The minimum absolute atomic E-state index is 0.0204. The van der Waals surface area contributed by atoms with Crippen LogP contribution in [0.15, 0.2) is 30.3 Å². The molecule has 2 heterocycles. The zero-order valence-corrected chi connectivity index (χ0v) is 13.7. The highest BCUT2D eigenvalue weighted by Crippen LogP contribution is 2.47. The van der Waals surface area contributed by atoms with Gasteiger partial charge in [-0.15, -0.1) is 0 Å². The monoisotopic (exact) mass is 355 g/mol. The van der Waals surface area contributed by atoms with Crippen LogP contribution in [0.25, 0.3) is 0 Å². The van der Waals surface area contributed by atoms with Gasteiger partial charge in [0.1, 0.15) is 34.7 Å². The van der Waals surface area contributed by atoms with E-state index in [9.17, 15) is 24.9 Å². The summed E-state index contributed by atoms with van der Waals surface area (Å²) in [5, 5.41) is 33.0. The van der Waals surface area contributed by atoms with Crippen LogP contribution >= 0.6 is 0 Å². The Morgan fingerprint density at radius 1 is 1.08 bits per heavy atom.